The molecule has 2 heterocycles. The fraction of sp³-hybridized carbons (Fsp3) is 0.778. The molecule has 0 unspecified atom stereocenters. The van der Waals surface area contributed by atoms with Crippen molar-refractivity contribution in [1.82, 2.24) is 15.0 Å². The number of nitrogens with zero attached hydrogens (tertiary/aromatic N) is 3. The number of aromatic nitrogens is 2. The van der Waals surface area contributed by atoms with E-state index in [2.05, 4.69) is 10.1 Å². The summed E-state index contributed by atoms with van der Waals surface area (Å²) < 4.78 is 15.8. The highest BCUT2D eigenvalue weighted by molar-refractivity contribution is 5.73. The molecule has 8 nitrogen and oxygen atoms in total. The number of hydrogen-bond donors (Lipinski definition) is 0. The zero-order valence-corrected chi connectivity index (χ0v) is 16.5. The van der Waals surface area contributed by atoms with Crippen LogP contribution >= 0.6 is 0 Å². The van der Waals surface area contributed by atoms with Crippen LogP contribution in [-0.4, -0.2) is 45.8 Å². The summed E-state index contributed by atoms with van der Waals surface area (Å²) in [6.07, 6.45) is 0.759. The Morgan fingerprint density at radius 2 is 1.77 bits per heavy atom. The van der Waals surface area contributed by atoms with Gasteiger partial charge in [0, 0.05) is 18.5 Å². The molecule has 1 saturated heterocycles. The van der Waals surface area contributed by atoms with Gasteiger partial charge in [-0.25, -0.2) is 4.79 Å². The lowest BCUT2D eigenvalue weighted by Crippen LogP contribution is -2.43. The van der Waals surface area contributed by atoms with Crippen molar-refractivity contribution >= 4 is 12.1 Å². The van der Waals surface area contributed by atoms with Crippen LogP contribution in [0.1, 0.15) is 66.1 Å². The second-order valence-electron chi connectivity index (χ2n) is 8.61. The van der Waals surface area contributed by atoms with Gasteiger partial charge in [-0.05, 0) is 33.6 Å². The highest BCUT2D eigenvalue weighted by Gasteiger charge is 2.31. The second kappa shape index (κ2) is 7.63. The van der Waals surface area contributed by atoms with Gasteiger partial charge in [-0.3, -0.25) is 4.79 Å². The quantitative estimate of drug-likeness (QED) is 0.758. The van der Waals surface area contributed by atoms with E-state index >= 15 is 0 Å². The molecule has 146 valence electrons. The zero-order valence-electron chi connectivity index (χ0n) is 16.5. The lowest BCUT2D eigenvalue weighted by Gasteiger charge is -2.32. The molecular weight excluding hydrogens is 338 g/mol. The molecule has 26 heavy (non-hydrogen) atoms. The Kier molecular flexibility index (Phi) is 5.93. The Labute approximate surface area is 154 Å². The molecule has 0 radical (unpaired) electrons. The van der Waals surface area contributed by atoms with Crippen LogP contribution in [0.2, 0.25) is 0 Å². The molecule has 0 aromatic carbocycles. The van der Waals surface area contributed by atoms with Crippen LogP contribution in [0, 0.1) is 5.92 Å². The van der Waals surface area contributed by atoms with Crippen LogP contribution < -0.4 is 0 Å². The van der Waals surface area contributed by atoms with Crippen LogP contribution in [-0.2, 0) is 26.3 Å². The molecule has 0 bridgehead atoms. The third-order valence-electron chi connectivity index (χ3n) is 3.96. The van der Waals surface area contributed by atoms with Gasteiger partial charge in [0.05, 0.1) is 5.92 Å². The molecule has 0 saturated carbocycles. The largest absolute Gasteiger partial charge is 0.455 e. The first-order valence-corrected chi connectivity index (χ1v) is 8.93. The highest BCUT2D eigenvalue weighted by Crippen LogP contribution is 2.22. The molecule has 0 atom stereocenters. The molecular formula is C18H29N3O5. The van der Waals surface area contributed by atoms with Crippen molar-refractivity contribution in [2.45, 2.75) is 72.0 Å². The molecule has 1 aromatic rings. The lowest BCUT2D eigenvalue weighted by atomic mass is 9.96. The van der Waals surface area contributed by atoms with Crippen LogP contribution in [0.15, 0.2) is 4.52 Å². The first-order valence-electron chi connectivity index (χ1n) is 8.93. The normalized spacial score (nSPS) is 16.5. The van der Waals surface area contributed by atoms with Crippen LogP contribution in [0.3, 0.4) is 0 Å². The fourth-order valence-electron chi connectivity index (χ4n) is 2.49. The Bertz CT molecular complexity index is 634. The summed E-state index contributed by atoms with van der Waals surface area (Å²) in [7, 11) is 0. The number of hydrogen-bond acceptors (Lipinski definition) is 7. The topological polar surface area (TPSA) is 94.8 Å². The van der Waals surface area contributed by atoms with Gasteiger partial charge < -0.3 is 18.9 Å². The summed E-state index contributed by atoms with van der Waals surface area (Å²) >= 11 is 0. The van der Waals surface area contributed by atoms with Crippen molar-refractivity contribution in [2.75, 3.05) is 13.1 Å². The Balaban J connectivity index is 1.78. The van der Waals surface area contributed by atoms with Crippen molar-refractivity contribution in [3.8, 4) is 0 Å². The van der Waals surface area contributed by atoms with E-state index in [4.69, 9.17) is 14.0 Å². The Morgan fingerprint density at radius 1 is 1.15 bits per heavy atom. The minimum atomic E-state index is -0.525. The molecule has 0 N–H and O–H groups in total. The average Bonchev–Trinajstić information content (AvgIpc) is 3.00. The van der Waals surface area contributed by atoms with E-state index in [-0.39, 0.29) is 35.9 Å². The molecule has 0 aliphatic carbocycles. The maximum atomic E-state index is 12.2. The van der Waals surface area contributed by atoms with E-state index in [1.807, 2.05) is 41.5 Å². The lowest BCUT2D eigenvalue weighted by molar-refractivity contribution is -0.152. The van der Waals surface area contributed by atoms with Crippen molar-refractivity contribution in [2.24, 2.45) is 5.92 Å². The number of esters is 1. The SMILES string of the molecule is CC(C)(C)OC(=O)N1CCC(C(=O)OCc2nc(C(C)(C)C)no2)CC1. The van der Waals surface area contributed by atoms with E-state index < -0.39 is 5.60 Å². The predicted molar refractivity (Wildman–Crippen MR) is 93.3 cm³/mol. The smallest absolute Gasteiger partial charge is 0.410 e. The third kappa shape index (κ3) is 5.71. The summed E-state index contributed by atoms with van der Waals surface area (Å²) in [6, 6.07) is 0. The Morgan fingerprint density at radius 3 is 2.27 bits per heavy atom. The molecule has 0 spiro atoms. The average molecular weight is 367 g/mol. The van der Waals surface area contributed by atoms with E-state index in [1.165, 1.54) is 0 Å². The molecule has 2 rings (SSSR count). The van der Waals surface area contributed by atoms with Gasteiger partial charge >= 0.3 is 12.1 Å². The molecule has 1 aromatic heterocycles. The fourth-order valence-corrected chi connectivity index (χ4v) is 2.49. The molecule has 1 fully saturated rings. The second-order valence-corrected chi connectivity index (χ2v) is 8.61. The molecule has 1 aliphatic rings. The number of piperidine rings is 1. The van der Waals surface area contributed by atoms with E-state index in [1.54, 1.807) is 4.90 Å². The van der Waals surface area contributed by atoms with Crippen LogP contribution in [0.25, 0.3) is 0 Å². The number of rotatable bonds is 3. The number of carbonyl (C=O) groups is 2. The molecule has 1 amide bonds. The van der Waals surface area contributed by atoms with Gasteiger partial charge in [0.1, 0.15) is 5.60 Å². The first-order chi connectivity index (χ1) is 12.0. The van der Waals surface area contributed by atoms with E-state index in [9.17, 15) is 9.59 Å². The standard InChI is InChI=1S/C18H29N3O5/c1-17(2,3)15-19-13(26-20-15)11-24-14(22)12-7-9-21(10-8-12)16(23)25-18(4,5)6/h12H,7-11H2,1-6H3. The summed E-state index contributed by atoms with van der Waals surface area (Å²) in [5.74, 6) is 0.326. The van der Waals surface area contributed by atoms with Crippen molar-refractivity contribution in [3.63, 3.8) is 0 Å². The summed E-state index contributed by atoms with van der Waals surface area (Å²) in [5.41, 5.74) is -0.747. The number of carbonyl (C=O) groups excluding carboxylic acids is 2. The van der Waals surface area contributed by atoms with Crippen molar-refractivity contribution < 1.29 is 23.6 Å². The first kappa shape index (κ1) is 20.2. The van der Waals surface area contributed by atoms with Crippen molar-refractivity contribution in [1.29, 1.82) is 0 Å². The molecule has 8 heteroatoms. The van der Waals surface area contributed by atoms with Gasteiger partial charge in [-0.1, -0.05) is 25.9 Å². The summed E-state index contributed by atoms with van der Waals surface area (Å²) in [5, 5.41) is 3.90. The zero-order chi connectivity index (χ0) is 19.5. The van der Waals surface area contributed by atoms with Gasteiger partial charge in [-0.2, -0.15) is 4.98 Å². The van der Waals surface area contributed by atoms with Crippen LogP contribution in [0.4, 0.5) is 4.79 Å². The number of amides is 1. The highest BCUT2D eigenvalue weighted by atomic mass is 16.6. The van der Waals surface area contributed by atoms with E-state index in [0.29, 0.717) is 31.8 Å². The third-order valence-corrected chi connectivity index (χ3v) is 3.96. The maximum absolute atomic E-state index is 12.2. The predicted octanol–water partition coefficient (Wildman–Crippen LogP) is 3.06. The summed E-state index contributed by atoms with van der Waals surface area (Å²) in [6.45, 7) is 12.3. The maximum Gasteiger partial charge on any atom is 0.410 e. The minimum Gasteiger partial charge on any atom is -0.455 e. The molecule has 1 aliphatic heterocycles. The van der Waals surface area contributed by atoms with Gasteiger partial charge in [-0.15, -0.1) is 0 Å². The van der Waals surface area contributed by atoms with Gasteiger partial charge in [0.25, 0.3) is 5.89 Å². The van der Waals surface area contributed by atoms with Gasteiger partial charge in [0.2, 0.25) is 0 Å². The monoisotopic (exact) mass is 367 g/mol. The van der Waals surface area contributed by atoms with E-state index in [0.717, 1.165) is 0 Å². The van der Waals surface area contributed by atoms with Crippen LogP contribution in [0.5, 0.6) is 0 Å². The van der Waals surface area contributed by atoms with Gasteiger partial charge in [0.15, 0.2) is 12.4 Å². The number of ether oxygens (including phenoxy) is 2. The van der Waals surface area contributed by atoms with Crippen molar-refractivity contribution in [3.05, 3.63) is 11.7 Å². The Hall–Kier alpha value is -2.12. The summed E-state index contributed by atoms with van der Waals surface area (Å²) in [4.78, 5) is 30.1. The number of likely N-dealkylation sites (tertiary alicyclic amines) is 1. The minimum absolute atomic E-state index is 0.0335.